The minimum Gasteiger partial charge on any atom is -0.368 e. The number of hydrogen-bond acceptors (Lipinski definition) is 3. The Morgan fingerprint density at radius 1 is 1.33 bits per heavy atom. The predicted molar refractivity (Wildman–Crippen MR) is 86.7 cm³/mol. The van der Waals surface area contributed by atoms with Gasteiger partial charge in [-0.3, -0.25) is 0 Å². The van der Waals surface area contributed by atoms with Crippen molar-refractivity contribution < 1.29 is 0 Å². The Labute approximate surface area is 127 Å². The van der Waals surface area contributed by atoms with Crippen LogP contribution >= 0.6 is 0 Å². The average Bonchev–Trinajstić information content (AvgIpc) is 2.91. The fourth-order valence-electron chi connectivity index (χ4n) is 3.28. The molecule has 4 heteroatoms. The summed E-state index contributed by atoms with van der Waals surface area (Å²) in [6.45, 7) is 7.75. The van der Waals surface area contributed by atoms with Crippen molar-refractivity contribution in [2.45, 2.75) is 52.4 Å². The summed E-state index contributed by atoms with van der Waals surface area (Å²) in [4.78, 5) is 4.52. The molecule has 0 spiro atoms. The average molecular weight is 286 g/mol. The van der Waals surface area contributed by atoms with Crippen LogP contribution in [-0.4, -0.2) is 21.1 Å². The van der Waals surface area contributed by atoms with E-state index in [2.05, 4.69) is 42.2 Å². The van der Waals surface area contributed by atoms with Crippen LogP contribution in [0.25, 0.3) is 5.52 Å². The second-order valence-corrected chi connectivity index (χ2v) is 6.73. The molecule has 1 saturated carbocycles. The van der Waals surface area contributed by atoms with E-state index in [-0.39, 0.29) is 0 Å². The van der Waals surface area contributed by atoms with Gasteiger partial charge in [0.1, 0.15) is 5.52 Å². The van der Waals surface area contributed by atoms with E-state index in [4.69, 9.17) is 0 Å². The topological polar surface area (TPSA) is 42.2 Å². The molecule has 4 nitrogen and oxygen atoms in total. The van der Waals surface area contributed by atoms with Gasteiger partial charge in [-0.25, -0.2) is 9.50 Å². The molecule has 2 aromatic heterocycles. The number of anilines is 1. The highest BCUT2D eigenvalue weighted by Crippen LogP contribution is 2.30. The molecule has 1 aliphatic carbocycles. The maximum atomic E-state index is 4.62. The fourth-order valence-corrected chi connectivity index (χ4v) is 3.28. The van der Waals surface area contributed by atoms with E-state index < -0.39 is 0 Å². The smallest absolute Gasteiger partial charge is 0.152 e. The highest BCUT2D eigenvalue weighted by atomic mass is 15.2. The Bertz CT molecular complexity index is 602. The van der Waals surface area contributed by atoms with Gasteiger partial charge in [0.2, 0.25) is 0 Å². The lowest BCUT2D eigenvalue weighted by molar-refractivity contribution is 0.268. The lowest BCUT2D eigenvalue weighted by Crippen LogP contribution is -2.24. The van der Waals surface area contributed by atoms with Crippen molar-refractivity contribution >= 4 is 11.3 Å². The highest BCUT2D eigenvalue weighted by molar-refractivity contribution is 5.67. The van der Waals surface area contributed by atoms with E-state index in [1.165, 1.54) is 25.7 Å². The molecule has 1 N–H and O–H groups in total. The molecule has 114 valence electrons. The first-order valence-corrected chi connectivity index (χ1v) is 8.23. The molecular formula is C17H26N4. The maximum Gasteiger partial charge on any atom is 0.152 e. The molecule has 1 fully saturated rings. The third-order valence-electron chi connectivity index (χ3n) is 4.82. The molecule has 2 aromatic rings. The Kier molecular flexibility index (Phi) is 4.13. The molecule has 0 bridgehead atoms. The van der Waals surface area contributed by atoms with Crippen molar-refractivity contribution in [2.24, 2.45) is 11.8 Å². The summed E-state index contributed by atoms with van der Waals surface area (Å²) in [5.74, 6) is 3.00. The molecule has 2 heterocycles. The highest BCUT2D eigenvalue weighted by Gasteiger charge is 2.21. The van der Waals surface area contributed by atoms with Crippen molar-refractivity contribution in [1.29, 1.82) is 0 Å². The van der Waals surface area contributed by atoms with Gasteiger partial charge >= 0.3 is 0 Å². The van der Waals surface area contributed by atoms with Gasteiger partial charge in [0.05, 0.1) is 5.69 Å². The zero-order valence-electron chi connectivity index (χ0n) is 13.3. The summed E-state index contributed by atoms with van der Waals surface area (Å²) < 4.78 is 1.94. The quantitative estimate of drug-likeness (QED) is 0.920. The van der Waals surface area contributed by atoms with Crippen molar-refractivity contribution in [3.63, 3.8) is 0 Å². The van der Waals surface area contributed by atoms with Crippen LogP contribution in [0.3, 0.4) is 0 Å². The number of hydrogen-bond donors (Lipinski definition) is 1. The zero-order chi connectivity index (χ0) is 14.8. The molecule has 0 saturated heterocycles. The van der Waals surface area contributed by atoms with Crippen LogP contribution in [-0.2, 0) is 0 Å². The first kappa shape index (κ1) is 14.4. The molecule has 0 aliphatic heterocycles. The molecule has 0 amide bonds. The van der Waals surface area contributed by atoms with Crippen molar-refractivity contribution in [3.8, 4) is 0 Å². The van der Waals surface area contributed by atoms with Gasteiger partial charge in [-0.2, -0.15) is 5.10 Å². The second-order valence-electron chi connectivity index (χ2n) is 6.73. The lowest BCUT2D eigenvalue weighted by Gasteiger charge is -2.29. The fraction of sp³-hybridized carbons (Fsp3) is 0.647. The summed E-state index contributed by atoms with van der Waals surface area (Å²) in [5, 5.41) is 8.19. The molecule has 2 atom stereocenters. The number of nitrogens with zero attached hydrogens (tertiary/aromatic N) is 3. The Morgan fingerprint density at radius 3 is 2.90 bits per heavy atom. The third-order valence-corrected chi connectivity index (χ3v) is 4.82. The first-order chi connectivity index (χ1) is 10.1. The number of rotatable bonds is 4. The minimum absolute atomic E-state index is 0.441. The summed E-state index contributed by atoms with van der Waals surface area (Å²) in [6.07, 6.45) is 9.23. The normalized spacial score (nSPS) is 22.9. The number of aromatic nitrogens is 3. The Hall–Kier alpha value is -1.58. The maximum absolute atomic E-state index is 4.62. The van der Waals surface area contributed by atoms with E-state index in [1.54, 1.807) is 0 Å². The number of nitrogens with one attached hydrogen (secondary N) is 1. The summed E-state index contributed by atoms with van der Waals surface area (Å²) >= 11 is 0. The van der Waals surface area contributed by atoms with Gasteiger partial charge in [-0.05, 0) is 30.2 Å². The second kappa shape index (κ2) is 6.04. The van der Waals surface area contributed by atoms with Crippen molar-refractivity contribution in [2.75, 3.05) is 11.9 Å². The Morgan fingerprint density at radius 2 is 2.14 bits per heavy atom. The van der Waals surface area contributed by atoms with Gasteiger partial charge in [0, 0.05) is 18.9 Å². The standard InChI is InChI=1S/C17H26N4/c1-12(2)15-10-16-17(18-8-9-21(16)20-15)19-11-14-7-5-4-6-13(14)3/h8-10,12-14H,4-7,11H2,1-3H3,(H,18,19). The van der Waals surface area contributed by atoms with Gasteiger partial charge in [0.15, 0.2) is 5.82 Å². The van der Waals surface area contributed by atoms with Gasteiger partial charge in [0.25, 0.3) is 0 Å². The Balaban J connectivity index is 1.77. The van der Waals surface area contributed by atoms with E-state index in [0.717, 1.165) is 35.4 Å². The number of fused-ring (bicyclic) bond motifs is 1. The molecule has 3 rings (SSSR count). The van der Waals surface area contributed by atoms with Gasteiger partial charge in [-0.15, -0.1) is 0 Å². The first-order valence-electron chi connectivity index (χ1n) is 8.23. The third kappa shape index (κ3) is 3.04. The van der Waals surface area contributed by atoms with E-state index in [9.17, 15) is 0 Å². The largest absolute Gasteiger partial charge is 0.368 e. The molecule has 2 unspecified atom stereocenters. The monoisotopic (exact) mass is 286 g/mol. The molecule has 1 aliphatic rings. The summed E-state index contributed by atoms with van der Waals surface area (Å²) in [6, 6.07) is 2.16. The molecular weight excluding hydrogens is 260 g/mol. The summed E-state index contributed by atoms with van der Waals surface area (Å²) in [5.41, 5.74) is 2.21. The van der Waals surface area contributed by atoms with Crippen LogP contribution in [0.15, 0.2) is 18.5 Å². The summed E-state index contributed by atoms with van der Waals surface area (Å²) in [7, 11) is 0. The van der Waals surface area contributed by atoms with Crippen LogP contribution in [0.1, 0.15) is 58.1 Å². The van der Waals surface area contributed by atoms with Crippen LogP contribution < -0.4 is 5.32 Å². The predicted octanol–water partition coefficient (Wildman–Crippen LogP) is 4.09. The molecule has 0 aromatic carbocycles. The molecule has 21 heavy (non-hydrogen) atoms. The van der Waals surface area contributed by atoms with Gasteiger partial charge < -0.3 is 5.32 Å². The van der Waals surface area contributed by atoms with Crippen LogP contribution in [0.2, 0.25) is 0 Å². The van der Waals surface area contributed by atoms with Crippen molar-refractivity contribution in [3.05, 3.63) is 24.2 Å². The SMILES string of the molecule is CC(C)c1cc2c(NCC3CCCCC3C)nccn2n1. The lowest BCUT2D eigenvalue weighted by atomic mass is 9.80. The molecule has 0 radical (unpaired) electrons. The minimum atomic E-state index is 0.441. The van der Waals surface area contributed by atoms with Gasteiger partial charge in [-0.1, -0.05) is 40.0 Å². The zero-order valence-corrected chi connectivity index (χ0v) is 13.3. The van der Waals surface area contributed by atoms with Crippen LogP contribution in [0, 0.1) is 11.8 Å². The van der Waals surface area contributed by atoms with Crippen LogP contribution in [0.5, 0.6) is 0 Å². The van der Waals surface area contributed by atoms with E-state index >= 15 is 0 Å². The van der Waals surface area contributed by atoms with E-state index in [0.29, 0.717) is 5.92 Å². The van der Waals surface area contributed by atoms with E-state index in [1.807, 2.05) is 16.9 Å². The van der Waals surface area contributed by atoms with Crippen LogP contribution in [0.4, 0.5) is 5.82 Å². The van der Waals surface area contributed by atoms with Crippen molar-refractivity contribution in [1.82, 2.24) is 14.6 Å².